The van der Waals surface area contributed by atoms with Crippen molar-refractivity contribution in [1.82, 2.24) is 14.5 Å². The molecule has 0 spiro atoms. The maximum atomic E-state index is 10.6. The van der Waals surface area contributed by atoms with E-state index in [2.05, 4.69) is 102 Å². The molecule has 0 saturated carbocycles. The molecule has 5 heteroatoms. The van der Waals surface area contributed by atoms with Crippen molar-refractivity contribution < 1.29 is 5.11 Å². The summed E-state index contributed by atoms with van der Waals surface area (Å²) in [5, 5.41) is 13.0. The lowest BCUT2D eigenvalue weighted by Crippen LogP contribution is -2.22. The number of nitrogens with zero attached hydrogens (tertiary/aromatic N) is 4. The number of phenols is 1. The number of anilines is 1. The molecule has 5 aromatic rings. The summed E-state index contributed by atoms with van der Waals surface area (Å²) in [6, 6.07) is 28.9. The number of benzene rings is 3. The van der Waals surface area contributed by atoms with Crippen LogP contribution in [0.4, 0.5) is 5.82 Å². The molecular formula is C30H28N4O. The second-order valence-corrected chi connectivity index (χ2v) is 9.75. The largest absolute Gasteiger partial charge is 0.508 e. The van der Waals surface area contributed by atoms with Crippen LogP contribution in [-0.4, -0.2) is 33.3 Å². The summed E-state index contributed by atoms with van der Waals surface area (Å²) < 4.78 is 2.25. The van der Waals surface area contributed by atoms with Gasteiger partial charge in [0.15, 0.2) is 0 Å². The summed E-state index contributed by atoms with van der Waals surface area (Å²) in [6.07, 6.45) is 4.12. The first-order chi connectivity index (χ1) is 16.9. The van der Waals surface area contributed by atoms with Gasteiger partial charge in [0, 0.05) is 41.2 Å². The highest BCUT2D eigenvalue weighted by Gasteiger charge is 2.27. The van der Waals surface area contributed by atoms with E-state index < -0.39 is 0 Å². The van der Waals surface area contributed by atoms with Crippen molar-refractivity contribution in [3.8, 4) is 11.6 Å². The van der Waals surface area contributed by atoms with Crippen LogP contribution in [0.15, 0.2) is 97.3 Å². The molecule has 1 aliphatic rings. The van der Waals surface area contributed by atoms with Gasteiger partial charge in [-0.1, -0.05) is 68.4 Å². The van der Waals surface area contributed by atoms with E-state index in [-0.39, 0.29) is 5.41 Å². The van der Waals surface area contributed by atoms with E-state index in [1.54, 1.807) is 6.07 Å². The Morgan fingerprint density at radius 2 is 1.51 bits per heavy atom. The Hall–Kier alpha value is -4.25. The van der Waals surface area contributed by atoms with Crippen LogP contribution in [0.25, 0.3) is 27.6 Å². The molecule has 0 atom stereocenters. The Labute approximate surface area is 205 Å². The summed E-state index contributed by atoms with van der Waals surface area (Å²) in [6.45, 7) is 5.10. The molecule has 2 aromatic heterocycles. The summed E-state index contributed by atoms with van der Waals surface area (Å²) >= 11 is 0. The molecule has 1 N–H and O–H groups in total. The van der Waals surface area contributed by atoms with Crippen LogP contribution in [0.1, 0.15) is 25.0 Å². The highest BCUT2D eigenvalue weighted by atomic mass is 16.3. The summed E-state index contributed by atoms with van der Waals surface area (Å²) in [7, 11) is 2.06. The van der Waals surface area contributed by atoms with Gasteiger partial charge in [0.25, 0.3) is 0 Å². The fraction of sp³-hybridized carbons (Fsp3) is 0.167. The average Bonchev–Trinajstić information content (AvgIpc) is 3.45. The van der Waals surface area contributed by atoms with Crippen molar-refractivity contribution >= 4 is 27.6 Å². The van der Waals surface area contributed by atoms with Crippen LogP contribution in [0, 0.1) is 0 Å². The van der Waals surface area contributed by atoms with Crippen LogP contribution in [0.2, 0.25) is 0 Å². The molecule has 0 unspecified atom stereocenters. The molecule has 3 heterocycles. The highest BCUT2D eigenvalue weighted by Crippen LogP contribution is 2.40. The average molecular weight is 461 g/mol. The van der Waals surface area contributed by atoms with Gasteiger partial charge in [-0.25, -0.2) is 4.98 Å². The maximum Gasteiger partial charge on any atom is 0.140 e. The third-order valence-electron chi connectivity index (χ3n) is 7.09. The zero-order valence-electron chi connectivity index (χ0n) is 20.2. The number of hydrogen-bond acceptors (Lipinski definition) is 4. The second-order valence-electron chi connectivity index (χ2n) is 9.75. The number of aromatic hydroxyl groups is 1. The van der Waals surface area contributed by atoms with Crippen molar-refractivity contribution in [2.75, 3.05) is 18.6 Å². The molecule has 6 rings (SSSR count). The zero-order chi connectivity index (χ0) is 24.2. The number of hydrogen-bond donors (Lipinski definition) is 1. The predicted molar refractivity (Wildman–Crippen MR) is 143 cm³/mol. The van der Waals surface area contributed by atoms with Gasteiger partial charge < -0.3 is 14.9 Å². The SMILES string of the molecule is CN1C=CN(c2cccc(-n3c4ccccc4c4ccc(C(C)(C)c5ccccc5O)cc43)n2)C1. The van der Waals surface area contributed by atoms with E-state index in [0.717, 1.165) is 40.5 Å². The number of para-hydroxylation sites is 2. The number of fused-ring (bicyclic) bond motifs is 3. The summed E-state index contributed by atoms with van der Waals surface area (Å²) in [5.74, 6) is 2.12. The number of phenolic OH excluding ortho intramolecular Hbond substituents is 1. The molecule has 0 saturated heterocycles. The van der Waals surface area contributed by atoms with E-state index in [1.165, 1.54) is 10.8 Å². The number of pyridine rings is 1. The van der Waals surface area contributed by atoms with E-state index in [1.807, 2.05) is 24.3 Å². The van der Waals surface area contributed by atoms with Crippen molar-refractivity contribution in [3.63, 3.8) is 0 Å². The molecule has 0 radical (unpaired) electrons. The van der Waals surface area contributed by atoms with Crippen LogP contribution in [-0.2, 0) is 5.41 Å². The standard InChI is InChI=1S/C30H28N4O/c1-30(2,24-10-5-7-12-27(24)35)21-15-16-23-22-9-4-6-11-25(22)34(26(23)19-21)29-14-8-13-28(31-29)33-18-17-32(3)20-33/h4-19,35H,20H2,1-3H3. The van der Waals surface area contributed by atoms with Gasteiger partial charge in [0.2, 0.25) is 0 Å². The second kappa shape index (κ2) is 7.91. The Morgan fingerprint density at radius 3 is 2.31 bits per heavy atom. The highest BCUT2D eigenvalue weighted by molar-refractivity contribution is 6.09. The summed E-state index contributed by atoms with van der Waals surface area (Å²) in [4.78, 5) is 9.34. The van der Waals surface area contributed by atoms with Gasteiger partial charge in [-0.3, -0.25) is 4.57 Å². The quantitative estimate of drug-likeness (QED) is 0.337. The van der Waals surface area contributed by atoms with Crippen LogP contribution >= 0.6 is 0 Å². The molecule has 174 valence electrons. The first-order valence-electron chi connectivity index (χ1n) is 11.9. The smallest absolute Gasteiger partial charge is 0.140 e. The Kier molecular flexibility index (Phi) is 4.81. The van der Waals surface area contributed by atoms with Gasteiger partial charge in [0.1, 0.15) is 17.4 Å². The van der Waals surface area contributed by atoms with Gasteiger partial charge in [-0.2, -0.15) is 0 Å². The van der Waals surface area contributed by atoms with Crippen molar-refractivity contribution in [2.45, 2.75) is 19.3 Å². The monoisotopic (exact) mass is 460 g/mol. The van der Waals surface area contributed by atoms with E-state index >= 15 is 0 Å². The minimum absolute atomic E-state index is 0.316. The first kappa shape index (κ1) is 21.3. The third kappa shape index (κ3) is 3.43. The van der Waals surface area contributed by atoms with Gasteiger partial charge >= 0.3 is 0 Å². The molecule has 0 fully saturated rings. The lowest BCUT2D eigenvalue weighted by atomic mass is 9.77. The first-order valence-corrected chi connectivity index (χ1v) is 11.9. The molecule has 1 aliphatic heterocycles. The van der Waals surface area contributed by atoms with Crippen molar-refractivity contribution in [1.29, 1.82) is 0 Å². The van der Waals surface area contributed by atoms with E-state index in [4.69, 9.17) is 4.98 Å². The predicted octanol–water partition coefficient (Wildman–Crippen LogP) is 6.39. The fourth-order valence-corrected chi connectivity index (χ4v) is 5.14. The third-order valence-corrected chi connectivity index (χ3v) is 7.09. The molecule has 3 aromatic carbocycles. The Morgan fingerprint density at radius 1 is 0.771 bits per heavy atom. The Balaban J connectivity index is 1.57. The number of rotatable bonds is 4. The number of aromatic nitrogens is 2. The van der Waals surface area contributed by atoms with Gasteiger partial charge in [-0.15, -0.1) is 0 Å². The van der Waals surface area contributed by atoms with E-state index in [9.17, 15) is 5.11 Å². The summed E-state index contributed by atoms with van der Waals surface area (Å²) in [5.41, 5.74) is 3.90. The Bertz CT molecular complexity index is 1600. The van der Waals surface area contributed by atoms with Gasteiger partial charge in [0.05, 0.1) is 17.7 Å². The normalized spacial score (nSPS) is 13.9. The zero-order valence-corrected chi connectivity index (χ0v) is 20.2. The molecule has 5 nitrogen and oxygen atoms in total. The van der Waals surface area contributed by atoms with Crippen molar-refractivity contribution in [2.24, 2.45) is 0 Å². The molecule has 0 bridgehead atoms. The van der Waals surface area contributed by atoms with Crippen LogP contribution < -0.4 is 4.90 Å². The molecular weight excluding hydrogens is 432 g/mol. The molecule has 0 aliphatic carbocycles. The van der Waals surface area contributed by atoms with Crippen LogP contribution in [0.3, 0.4) is 0 Å². The molecule has 0 amide bonds. The minimum Gasteiger partial charge on any atom is -0.508 e. The van der Waals surface area contributed by atoms with E-state index in [0.29, 0.717) is 5.75 Å². The topological polar surface area (TPSA) is 44.5 Å². The maximum absolute atomic E-state index is 10.6. The van der Waals surface area contributed by atoms with Crippen molar-refractivity contribution in [3.05, 3.63) is 108 Å². The fourth-order valence-electron chi connectivity index (χ4n) is 5.14. The molecule has 35 heavy (non-hydrogen) atoms. The van der Waals surface area contributed by atoms with Crippen LogP contribution in [0.5, 0.6) is 5.75 Å². The lowest BCUT2D eigenvalue weighted by molar-refractivity contribution is 0.453. The van der Waals surface area contributed by atoms with Gasteiger partial charge in [-0.05, 0) is 35.9 Å². The lowest BCUT2D eigenvalue weighted by Gasteiger charge is -2.27. The minimum atomic E-state index is -0.374.